The summed E-state index contributed by atoms with van der Waals surface area (Å²) >= 11 is 0. The molecule has 0 radical (unpaired) electrons. The number of imidazole rings is 1. The molecule has 0 unspecified atom stereocenters. The fourth-order valence-electron chi connectivity index (χ4n) is 3.05. The van der Waals surface area contributed by atoms with E-state index in [1.807, 2.05) is 25.2 Å². The van der Waals surface area contributed by atoms with Gasteiger partial charge < -0.3 is 19.9 Å². The maximum atomic E-state index is 6.17. The largest absolute Gasteiger partial charge is 0.497 e. The minimum Gasteiger partial charge on any atom is -0.497 e. The average molecular weight is 315 g/mol. The lowest BCUT2D eigenvalue weighted by molar-refractivity contribution is 0.415. The van der Waals surface area contributed by atoms with E-state index in [0.717, 1.165) is 35.7 Å². The number of ether oxygens (including phenoxy) is 1. The summed E-state index contributed by atoms with van der Waals surface area (Å²) in [4.78, 5) is 11.4. The Morgan fingerprint density at radius 1 is 1.26 bits per heavy atom. The fourth-order valence-corrected chi connectivity index (χ4v) is 3.05. The summed E-state index contributed by atoms with van der Waals surface area (Å²) < 4.78 is 7.32. The lowest BCUT2D eigenvalue weighted by Crippen LogP contribution is -2.38. The summed E-state index contributed by atoms with van der Waals surface area (Å²) in [5, 5.41) is 0. The Balaban J connectivity index is 1.77. The number of rotatable bonds is 3. The predicted octanol–water partition coefficient (Wildman–Crippen LogP) is 2.27. The molecule has 0 spiro atoms. The van der Waals surface area contributed by atoms with Crippen LogP contribution in [0.3, 0.4) is 0 Å². The minimum absolute atomic E-state index is 0.496. The Hall–Kier alpha value is -2.24. The van der Waals surface area contributed by atoms with Crippen molar-refractivity contribution in [3.63, 3.8) is 0 Å². The smallest absolute Gasteiger partial charge is 0.191 e. The van der Waals surface area contributed by atoms with Crippen LogP contribution in [-0.2, 0) is 13.6 Å². The molecule has 1 fully saturated rings. The van der Waals surface area contributed by atoms with Crippen LogP contribution in [0.2, 0.25) is 0 Å². The van der Waals surface area contributed by atoms with E-state index in [9.17, 15) is 0 Å². The van der Waals surface area contributed by atoms with Gasteiger partial charge in [0.25, 0.3) is 0 Å². The highest BCUT2D eigenvalue weighted by Gasteiger charge is 2.12. The van der Waals surface area contributed by atoms with Crippen molar-refractivity contribution in [2.75, 3.05) is 20.2 Å². The summed E-state index contributed by atoms with van der Waals surface area (Å²) in [5.41, 5.74) is 8.17. The standard InChI is InChI=1S/C17H25N5O/c1-21-15-8-7-13(23-2)11-14(15)20-16(21)12-19-17(18)22-9-5-3-4-6-10-22/h7-8,11H,3-6,9-10,12H2,1-2H3,(H2,18,19). The number of nitrogens with two attached hydrogens (primary N) is 1. The van der Waals surface area contributed by atoms with Crippen LogP contribution in [0.25, 0.3) is 11.0 Å². The zero-order valence-corrected chi connectivity index (χ0v) is 14.0. The van der Waals surface area contributed by atoms with Crippen molar-refractivity contribution in [1.82, 2.24) is 14.5 Å². The van der Waals surface area contributed by atoms with E-state index < -0.39 is 0 Å². The van der Waals surface area contributed by atoms with Crippen molar-refractivity contribution in [2.45, 2.75) is 32.2 Å². The molecule has 23 heavy (non-hydrogen) atoms. The second-order valence-corrected chi connectivity index (χ2v) is 6.02. The van der Waals surface area contributed by atoms with E-state index in [1.165, 1.54) is 25.7 Å². The van der Waals surface area contributed by atoms with Crippen molar-refractivity contribution in [2.24, 2.45) is 17.8 Å². The number of benzene rings is 1. The van der Waals surface area contributed by atoms with Gasteiger partial charge in [-0.05, 0) is 25.0 Å². The fraction of sp³-hybridized carbons (Fsp3) is 0.529. The quantitative estimate of drug-likeness (QED) is 0.697. The Morgan fingerprint density at radius 2 is 2.00 bits per heavy atom. The van der Waals surface area contributed by atoms with Crippen LogP contribution in [0.4, 0.5) is 0 Å². The molecule has 6 nitrogen and oxygen atoms in total. The van der Waals surface area contributed by atoms with Crippen molar-refractivity contribution >= 4 is 17.0 Å². The van der Waals surface area contributed by atoms with E-state index in [-0.39, 0.29) is 0 Å². The SMILES string of the molecule is COc1ccc2c(c1)nc(CN=C(N)N1CCCCCC1)n2C. The normalized spacial score (nSPS) is 16.6. The third kappa shape index (κ3) is 3.41. The Morgan fingerprint density at radius 3 is 2.70 bits per heavy atom. The first-order valence-electron chi connectivity index (χ1n) is 8.23. The Bertz CT molecular complexity index is 698. The van der Waals surface area contributed by atoms with Crippen molar-refractivity contribution in [1.29, 1.82) is 0 Å². The summed E-state index contributed by atoms with van der Waals surface area (Å²) in [6.07, 6.45) is 4.97. The zero-order valence-electron chi connectivity index (χ0n) is 14.0. The maximum Gasteiger partial charge on any atom is 0.191 e. The molecule has 1 aromatic heterocycles. The molecule has 0 amide bonds. The molecule has 6 heteroatoms. The highest BCUT2D eigenvalue weighted by Crippen LogP contribution is 2.21. The minimum atomic E-state index is 0.496. The number of aryl methyl sites for hydroxylation is 1. The highest BCUT2D eigenvalue weighted by atomic mass is 16.5. The second kappa shape index (κ2) is 6.89. The third-order valence-electron chi connectivity index (χ3n) is 4.49. The maximum absolute atomic E-state index is 6.17. The van der Waals surface area contributed by atoms with Gasteiger partial charge in [0.1, 0.15) is 18.1 Å². The zero-order chi connectivity index (χ0) is 16.2. The van der Waals surface area contributed by atoms with Crippen LogP contribution in [0.1, 0.15) is 31.5 Å². The van der Waals surface area contributed by atoms with Gasteiger partial charge in [-0.2, -0.15) is 0 Å². The van der Waals surface area contributed by atoms with Gasteiger partial charge in [0, 0.05) is 26.2 Å². The number of aliphatic imine (C=N–C) groups is 1. The number of guanidine groups is 1. The summed E-state index contributed by atoms with van der Waals surface area (Å²) in [6, 6.07) is 5.91. The molecule has 3 rings (SSSR count). The van der Waals surface area contributed by atoms with E-state index in [4.69, 9.17) is 10.5 Å². The van der Waals surface area contributed by atoms with Crippen LogP contribution in [0, 0.1) is 0 Å². The van der Waals surface area contributed by atoms with E-state index in [2.05, 4.69) is 19.4 Å². The van der Waals surface area contributed by atoms with Crippen LogP contribution in [-0.4, -0.2) is 40.6 Å². The van der Waals surface area contributed by atoms with Gasteiger partial charge in [0.05, 0.1) is 18.1 Å². The molecule has 0 aliphatic carbocycles. The molecule has 0 saturated carbocycles. The molecule has 2 heterocycles. The topological polar surface area (TPSA) is 68.7 Å². The van der Waals surface area contributed by atoms with Gasteiger partial charge in [0.2, 0.25) is 0 Å². The number of fused-ring (bicyclic) bond motifs is 1. The van der Waals surface area contributed by atoms with Gasteiger partial charge >= 0.3 is 0 Å². The van der Waals surface area contributed by atoms with Crippen LogP contribution in [0.5, 0.6) is 5.75 Å². The van der Waals surface area contributed by atoms with Gasteiger partial charge in [-0.15, -0.1) is 0 Å². The lowest BCUT2D eigenvalue weighted by Gasteiger charge is -2.20. The molecular formula is C17H25N5O. The number of hydrogen-bond donors (Lipinski definition) is 1. The van der Waals surface area contributed by atoms with Gasteiger partial charge in [-0.1, -0.05) is 12.8 Å². The number of nitrogens with zero attached hydrogens (tertiary/aromatic N) is 4. The molecule has 1 saturated heterocycles. The number of aromatic nitrogens is 2. The molecule has 2 aromatic rings. The summed E-state index contributed by atoms with van der Waals surface area (Å²) in [5.74, 6) is 2.36. The molecular weight excluding hydrogens is 290 g/mol. The predicted molar refractivity (Wildman–Crippen MR) is 92.6 cm³/mol. The summed E-state index contributed by atoms with van der Waals surface area (Å²) in [7, 11) is 3.67. The van der Waals surface area contributed by atoms with E-state index in [1.54, 1.807) is 7.11 Å². The summed E-state index contributed by atoms with van der Waals surface area (Å²) in [6.45, 7) is 2.51. The van der Waals surface area contributed by atoms with Crippen LogP contribution < -0.4 is 10.5 Å². The van der Waals surface area contributed by atoms with Crippen LogP contribution >= 0.6 is 0 Å². The first kappa shape index (κ1) is 15.6. The van der Waals surface area contributed by atoms with Crippen LogP contribution in [0.15, 0.2) is 23.2 Å². The third-order valence-corrected chi connectivity index (χ3v) is 4.49. The highest BCUT2D eigenvalue weighted by molar-refractivity contribution is 5.79. The van der Waals surface area contributed by atoms with E-state index in [0.29, 0.717) is 12.5 Å². The van der Waals surface area contributed by atoms with Crippen molar-refractivity contribution in [3.8, 4) is 5.75 Å². The van der Waals surface area contributed by atoms with Gasteiger partial charge in [-0.3, -0.25) is 0 Å². The number of methoxy groups -OCH3 is 1. The van der Waals surface area contributed by atoms with E-state index >= 15 is 0 Å². The molecule has 2 N–H and O–H groups in total. The lowest BCUT2D eigenvalue weighted by atomic mass is 10.2. The monoisotopic (exact) mass is 315 g/mol. The average Bonchev–Trinajstić information content (AvgIpc) is 2.75. The Kier molecular flexibility index (Phi) is 4.69. The molecule has 1 aromatic carbocycles. The van der Waals surface area contributed by atoms with Crippen molar-refractivity contribution < 1.29 is 4.74 Å². The molecule has 124 valence electrons. The first-order valence-corrected chi connectivity index (χ1v) is 8.23. The second-order valence-electron chi connectivity index (χ2n) is 6.02. The Labute approximate surface area is 137 Å². The molecule has 0 atom stereocenters. The molecule has 1 aliphatic heterocycles. The molecule has 1 aliphatic rings. The molecule has 0 bridgehead atoms. The first-order chi connectivity index (χ1) is 11.2. The number of likely N-dealkylation sites (tertiary alicyclic amines) is 1. The van der Waals surface area contributed by atoms with Gasteiger partial charge in [0.15, 0.2) is 5.96 Å². The number of hydrogen-bond acceptors (Lipinski definition) is 3. The van der Waals surface area contributed by atoms with Gasteiger partial charge in [-0.25, -0.2) is 9.98 Å². The van der Waals surface area contributed by atoms with Crippen molar-refractivity contribution in [3.05, 3.63) is 24.0 Å².